The molecule has 9 nitrogen and oxygen atoms in total. The Bertz CT molecular complexity index is 1070. The Morgan fingerprint density at radius 1 is 1.09 bits per heavy atom. The molecule has 0 bridgehead atoms. The summed E-state index contributed by atoms with van der Waals surface area (Å²) in [6.07, 6.45) is 2.81. The molecule has 1 fully saturated rings. The van der Waals surface area contributed by atoms with Crippen molar-refractivity contribution in [2.75, 3.05) is 44.8 Å². The Labute approximate surface area is 186 Å². The first-order valence-corrected chi connectivity index (χ1v) is 10.6. The number of benzene rings is 1. The maximum absolute atomic E-state index is 12.6. The van der Waals surface area contributed by atoms with Crippen LogP contribution in [-0.2, 0) is 4.74 Å². The molecule has 1 saturated heterocycles. The van der Waals surface area contributed by atoms with Crippen molar-refractivity contribution >= 4 is 11.6 Å². The fraction of sp³-hybridized carbons (Fsp3) is 0.391. The second kappa shape index (κ2) is 9.88. The number of carbonyl (C=O) groups excluding carboxylic acids is 1. The van der Waals surface area contributed by atoms with E-state index >= 15 is 0 Å². The highest BCUT2D eigenvalue weighted by Gasteiger charge is 2.18. The molecule has 4 rings (SSSR count). The van der Waals surface area contributed by atoms with Gasteiger partial charge in [0.05, 0.1) is 18.9 Å². The van der Waals surface area contributed by atoms with E-state index in [1.165, 1.54) is 6.39 Å². The molecule has 1 aliphatic rings. The van der Waals surface area contributed by atoms with Gasteiger partial charge in [-0.25, -0.2) is 15.0 Å². The maximum Gasteiger partial charge on any atom is 0.293 e. The smallest absolute Gasteiger partial charge is 0.293 e. The molecule has 1 amide bonds. The molecule has 3 aromatic rings. The molecular formula is C23H27N5O4. The van der Waals surface area contributed by atoms with Crippen LogP contribution >= 0.6 is 0 Å². The number of ether oxygens (including phenoxy) is 2. The van der Waals surface area contributed by atoms with Gasteiger partial charge in [-0.2, -0.15) is 0 Å². The number of aromatic nitrogens is 3. The van der Waals surface area contributed by atoms with Crippen molar-refractivity contribution in [3.05, 3.63) is 53.8 Å². The van der Waals surface area contributed by atoms with Crippen molar-refractivity contribution in [1.29, 1.82) is 0 Å². The van der Waals surface area contributed by atoms with E-state index in [0.717, 1.165) is 55.4 Å². The first-order valence-electron chi connectivity index (χ1n) is 10.6. The van der Waals surface area contributed by atoms with Crippen LogP contribution < -0.4 is 10.1 Å². The van der Waals surface area contributed by atoms with E-state index in [4.69, 9.17) is 13.9 Å². The predicted molar refractivity (Wildman–Crippen MR) is 119 cm³/mol. The lowest BCUT2D eigenvalue weighted by Crippen LogP contribution is -2.38. The number of carbonyl (C=O) groups is 1. The number of nitrogens with zero attached hydrogens (tertiary/aromatic N) is 4. The van der Waals surface area contributed by atoms with E-state index in [9.17, 15) is 4.79 Å². The van der Waals surface area contributed by atoms with Gasteiger partial charge >= 0.3 is 0 Å². The Morgan fingerprint density at radius 3 is 2.53 bits per heavy atom. The van der Waals surface area contributed by atoms with Crippen LogP contribution in [0.15, 0.2) is 35.3 Å². The lowest BCUT2D eigenvalue weighted by atomic mass is 10.0. The monoisotopic (exact) mass is 437 g/mol. The third-order valence-corrected chi connectivity index (χ3v) is 5.45. The van der Waals surface area contributed by atoms with E-state index in [1.54, 1.807) is 13.3 Å². The minimum absolute atomic E-state index is 0.188. The van der Waals surface area contributed by atoms with Crippen LogP contribution in [0.5, 0.6) is 5.75 Å². The number of amides is 1. The summed E-state index contributed by atoms with van der Waals surface area (Å²) in [4.78, 5) is 27.6. The van der Waals surface area contributed by atoms with Gasteiger partial charge in [-0.1, -0.05) is 0 Å². The van der Waals surface area contributed by atoms with Gasteiger partial charge in [0.2, 0.25) is 5.76 Å². The molecule has 0 aliphatic carbocycles. The molecule has 0 spiro atoms. The second-order valence-corrected chi connectivity index (χ2v) is 7.65. The predicted octanol–water partition coefficient (Wildman–Crippen LogP) is 3.02. The molecule has 3 heterocycles. The van der Waals surface area contributed by atoms with Crippen LogP contribution in [0.25, 0.3) is 11.1 Å². The zero-order valence-electron chi connectivity index (χ0n) is 18.6. The van der Waals surface area contributed by atoms with Gasteiger partial charge in [0.1, 0.15) is 18.7 Å². The topological polar surface area (TPSA) is 103 Å². The molecule has 32 heavy (non-hydrogen) atoms. The van der Waals surface area contributed by atoms with E-state index in [2.05, 4.69) is 25.2 Å². The molecule has 0 saturated carbocycles. The van der Waals surface area contributed by atoms with Gasteiger partial charge in [0, 0.05) is 47.8 Å². The largest absolute Gasteiger partial charge is 0.492 e. The molecule has 1 aliphatic heterocycles. The molecule has 168 valence electrons. The fourth-order valence-corrected chi connectivity index (χ4v) is 3.73. The minimum Gasteiger partial charge on any atom is -0.492 e. The third-order valence-electron chi connectivity index (χ3n) is 5.45. The third kappa shape index (κ3) is 4.95. The molecule has 1 N–H and O–H groups in total. The van der Waals surface area contributed by atoms with Crippen LogP contribution in [0.4, 0.5) is 5.69 Å². The summed E-state index contributed by atoms with van der Waals surface area (Å²) in [5.74, 6) is 0.547. The lowest BCUT2D eigenvalue weighted by Gasteiger charge is -2.26. The highest BCUT2D eigenvalue weighted by molar-refractivity contribution is 6.03. The van der Waals surface area contributed by atoms with Crippen molar-refractivity contribution in [2.24, 2.45) is 0 Å². The molecule has 1 aromatic carbocycles. The summed E-state index contributed by atoms with van der Waals surface area (Å²) in [7, 11) is 0. The highest BCUT2D eigenvalue weighted by Crippen LogP contribution is 2.35. The van der Waals surface area contributed by atoms with Gasteiger partial charge in [-0.3, -0.25) is 9.69 Å². The van der Waals surface area contributed by atoms with Gasteiger partial charge in [-0.05, 0) is 39.0 Å². The second-order valence-electron chi connectivity index (χ2n) is 7.65. The Hall–Kier alpha value is -3.30. The van der Waals surface area contributed by atoms with Crippen LogP contribution in [0.3, 0.4) is 0 Å². The molecule has 2 aromatic heterocycles. The number of morpholine rings is 1. The average Bonchev–Trinajstić information content (AvgIpc) is 3.22. The van der Waals surface area contributed by atoms with Crippen molar-refractivity contribution < 1.29 is 18.7 Å². The quantitative estimate of drug-likeness (QED) is 0.602. The zero-order chi connectivity index (χ0) is 22.5. The van der Waals surface area contributed by atoms with Crippen LogP contribution in [-0.4, -0.2) is 65.2 Å². The summed E-state index contributed by atoms with van der Waals surface area (Å²) in [6.45, 7) is 10.3. The number of oxazole rings is 1. The van der Waals surface area contributed by atoms with Crippen molar-refractivity contribution in [3.8, 4) is 16.9 Å². The standard InChI is InChI=1S/C23H27N5O4/c1-15-21(16(2)25-13-24-15)19-12-18(27-23(29)22-17(3)26-14-32-22)4-5-20(19)31-11-8-28-6-9-30-10-7-28/h4-5,12-14H,6-11H2,1-3H3,(H,27,29). The van der Waals surface area contributed by atoms with Crippen LogP contribution in [0.1, 0.15) is 27.6 Å². The number of anilines is 1. The number of hydrogen-bond donors (Lipinski definition) is 1. The summed E-state index contributed by atoms with van der Waals surface area (Å²) in [5, 5.41) is 2.88. The lowest BCUT2D eigenvalue weighted by molar-refractivity contribution is 0.0323. The summed E-state index contributed by atoms with van der Waals surface area (Å²) < 4.78 is 16.8. The molecule has 0 unspecified atom stereocenters. The SMILES string of the molecule is Cc1ncoc1C(=O)Nc1ccc(OCCN2CCOCC2)c(-c2c(C)ncnc2C)c1. The van der Waals surface area contributed by atoms with E-state index in [0.29, 0.717) is 23.7 Å². The van der Waals surface area contributed by atoms with Crippen molar-refractivity contribution in [2.45, 2.75) is 20.8 Å². The van der Waals surface area contributed by atoms with Gasteiger partial charge < -0.3 is 19.2 Å². The minimum atomic E-state index is -0.357. The van der Waals surface area contributed by atoms with Crippen LogP contribution in [0.2, 0.25) is 0 Å². The Balaban J connectivity index is 1.59. The molecule has 9 heteroatoms. The normalized spacial score (nSPS) is 14.3. The van der Waals surface area contributed by atoms with Crippen molar-refractivity contribution in [3.63, 3.8) is 0 Å². The number of aryl methyl sites for hydroxylation is 3. The number of hydrogen-bond acceptors (Lipinski definition) is 8. The number of rotatable bonds is 7. The molecule has 0 radical (unpaired) electrons. The van der Waals surface area contributed by atoms with Gasteiger partial charge in [0.15, 0.2) is 6.39 Å². The van der Waals surface area contributed by atoms with E-state index in [-0.39, 0.29) is 11.7 Å². The Kier molecular flexibility index (Phi) is 6.77. The van der Waals surface area contributed by atoms with Gasteiger partial charge in [-0.15, -0.1) is 0 Å². The number of nitrogens with one attached hydrogen (secondary N) is 1. The van der Waals surface area contributed by atoms with Crippen LogP contribution in [0, 0.1) is 20.8 Å². The first-order chi connectivity index (χ1) is 15.5. The van der Waals surface area contributed by atoms with Gasteiger partial charge in [0.25, 0.3) is 5.91 Å². The zero-order valence-corrected chi connectivity index (χ0v) is 18.6. The maximum atomic E-state index is 12.6. The highest BCUT2D eigenvalue weighted by atomic mass is 16.5. The molecular weight excluding hydrogens is 410 g/mol. The molecule has 0 atom stereocenters. The summed E-state index contributed by atoms with van der Waals surface area (Å²) in [5.41, 5.74) is 4.54. The fourth-order valence-electron chi connectivity index (χ4n) is 3.73. The van der Waals surface area contributed by atoms with Crippen molar-refractivity contribution in [1.82, 2.24) is 19.9 Å². The first kappa shape index (κ1) is 21.9. The summed E-state index contributed by atoms with van der Waals surface area (Å²) >= 11 is 0. The summed E-state index contributed by atoms with van der Waals surface area (Å²) in [6, 6.07) is 5.56. The average molecular weight is 438 g/mol. The Morgan fingerprint density at radius 2 is 1.84 bits per heavy atom. The van der Waals surface area contributed by atoms with E-state index < -0.39 is 0 Å². The van der Waals surface area contributed by atoms with E-state index in [1.807, 2.05) is 32.0 Å².